The number of nitrogens with zero attached hydrogens (tertiary/aromatic N) is 4. The molecule has 0 amide bonds. The number of nitrogens with two attached hydrogens (primary N) is 1. The van der Waals surface area contributed by atoms with Gasteiger partial charge in [0.15, 0.2) is 0 Å². The topological polar surface area (TPSA) is 98.7 Å². The summed E-state index contributed by atoms with van der Waals surface area (Å²) in [5.41, 5.74) is 8.81. The van der Waals surface area contributed by atoms with Crippen molar-refractivity contribution in [3.63, 3.8) is 0 Å². The first-order chi connectivity index (χ1) is 19.0. The number of nitrogen functional groups attached to an aromatic ring is 1. The molecule has 8 rings (SSSR count). The summed E-state index contributed by atoms with van der Waals surface area (Å²) < 4.78 is 14.8. The Balaban J connectivity index is 1.02. The lowest BCUT2D eigenvalue weighted by Crippen LogP contribution is -2.53. The molecule has 0 spiro atoms. The molecule has 39 heavy (non-hydrogen) atoms. The van der Waals surface area contributed by atoms with Crippen LogP contribution in [-0.4, -0.2) is 61.2 Å². The highest BCUT2D eigenvalue weighted by molar-refractivity contribution is 6.00. The predicted octanol–water partition coefficient (Wildman–Crippen LogP) is 5.06. The second-order valence-corrected chi connectivity index (χ2v) is 12.9. The van der Waals surface area contributed by atoms with Crippen molar-refractivity contribution in [1.29, 1.82) is 0 Å². The highest BCUT2D eigenvalue weighted by atomic mass is 16.6. The van der Waals surface area contributed by atoms with Crippen LogP contribution in [0.2, 0.25) is 0 Å². The SMILES string of the molecule is Nc1ncnc2c1c(-c1cccc(OCC34CCC(CC3)O4)c1)cn2C1CC(CN2C3CCCC2(O)CC3)C1. The molecule has 4 bridgehead atoms. The van der Waals surface area contributed by atoms with Gasteiger partial charge in [0.1, 0.15) is 41.5 Å². The minimum Gasteiger partial charge on any atom is -0.491 e. The molecule has 6 heterocycles. The normalized spacial score (nSPS) is 35.5. The fraction of sp³-hybridized carbons (Fsp3) is 0.613. The zero-order valence-electron chi connectivity index (χ0n) is 22.6. The van der Waals surface area contributed by atoms with E-state index in [1.54, 1.807) is 6.33 Å². The van der Waals surface area contributed by atoms with E-state index in [-0.39, 0.29) is 5.60 Å². The Labute approximate surface area is 229 Å². The van der Waals surface area contributed by atoms with E-state index in [2.05, 4.69) is 43.8 Å². The molecular weight excluding hydrogens is 490 g/mol. The van der Waals surface area contributed by atoms with Crippen LogP contribution >= 0.6 is 0 Å². The van der Waals surface area contributed by atoms with Crippen LogP contribution in [0.15, 0.2) is 36.8 Å². The van der Waals surface area contributed by atoms with E-state index < -0.39 is 5.72 Å². The van der Waals surface area contributed by atoms with E-state index in [1.165, 1.54) is 6.42 Å². The van der Waals surface area contributed by atoms with Crippen LogP contribution in [0.4, 0.5) is 5.82 Å². The summed E-state index contributed by atoms with van der Waals surface area (Å²) in [6.07, 6.45) is 16.3. The Morgan fingerprint density at radius 2 is 1.92 bits per heavy atom. The van der Waals surface area contributed by atoms with Crippen molar-refractivity contribution in [2.45, 2.75) is 100 Å². The minimum absolute atomic E-state index is 0.0981. The van der Waals surface area contributed by atoms with Crippen LogP contribution in [0, 0.1) is 5.92 Å². The number of anilines is 1. The summed E-state index contributed by atoms with van der Waals surface area (Å²) in [5.74, 6) is 1.97. The second-order valence-electron chi connectivity index (χ2n) is 12.9. The smallest absolute Gasteiger partial charge is 0.146 e. The first-order valence-corrected chi connectivity index (χ1v) is 15.0. The number of aliphatic hydroxyl groups is 1. The van der Waals surface area contributed by atoms with Gasteiger partial charge < -0.3 is 24.9 Å². The van der Waals surface area contributed by atoms with E-state index in [0.29, 0.717) is 36.5 Å². The van der Waals surface area contributed by atoms with E-state index in [0.717, 1.165) is 98.7 Å². The Hall–Kier alpha value is -2.68. The van der Waals surface area contributed by atoms with E-state index in [9.17, 15) is 5.11 Å². The first-order valence-electron chi connectivity index (χ1n) is 15.0. The van der Waals surface area contributed by atoms with E-state index in [1.807, 2.05) is 6.07 Å². The summed E-state index contributed by atoms with van der Waals surface area (Å²) in [7, 11) is 0. The molecule has 0 radical (unpaired) electrons. The van der Waals surface area contributed by atoms with Crippen LogP contribution in [0.3, 0.4) is 0 Å². The van der Waals surface area contributed by atoms with Crippen molar-refractivity contribution >= 4 is 16.9 Å². The summed E-state index contributed by atoms with van der Waals surface area (Å²) in [4.78, 5) is 11.5. The Morgan fingerprint density at radius 3 is 2.72 bits per heavy atom. The number of aromatic nitrogens is 3. The molecule has 3 N–H and O–H groups in total. The number of piperidine rings is 1. The number of ether oxygens (including phenoxy) is 2. The Morgan fingerprint density at radius 1 is 1.05 bits per heavy atom. The third-order valence-electron chi connectivity index (χ3n) is 10.6. The maximum atomic E-state index is 11.2. The molecule has 2 atom stereocenters. The molecule has 1 aromatic carbocycles. The third-order valence-corrected chi connectivity index (χ3v) is 10.6. The molecule has 5 aliphatic rings. The molecule has 3 aromatic rings. The lowest BCUT2D eigenvalue weighted by molar-refractivity contribution is -0.129. The van der Waals surface area contributed by atoms with Crippen LogP contribution in [-0.2, 0) is 4.74 Å². The second kappa shape index (κ2) is 8.91. The highest BCUT2D eigenvalue weighted by Crippen LogP contribution is 2.48. The van der Waals surface area contributed by atoms with Crippen molar-refractivity contribution in [3.8, 4) is 16.9 Å². The van der Waals surface area contributed by atoms with Gasteiger partial charge in [0.05, 0.1) is 11.5 Å². The van der Waals surface area contributed by atoms with Crippen LogP contribution in [0.5, 0.6) is 5.75 Å². The van der Waals surface area contributed by atoms with Gasteiger partial charge in [-0.05, 0) is 94.2 Å². The molecule has 8 nitrogen and oxygen atoms in total. The maximum absolute atomic E-state index is 11.2. The van der Waals surface area contributed by atoms with Crippen molar-refractivity contribution in [3.05, 3.63) is 36.8 Å². The molecule has 8 heteroatoms. The van der Waals surface area contributed by atoms with Gasteiger partial charge in [-0.1, -0.05) is 12.1 Å². The standard InChI is InChI=1S/C31H39N5O3/c32-28-27-26(21-3-1-5-25(15-21)38-18-30-10-7-24(39-30)8-11-30)17-35(29(27)34-19-33-28)23-13-20(14-23)16-36-22-4-2-9-31(36,37)12-6-22/h1,3,5,15,17,19-20,22-24,37H,2,4,6-14,16,18H2,(H2,32,33,34). The van der Waals surface area contributed by atoms with Gasteiger partial charge in [0.25, 0.3) is 0 Å². The van der Waals surface area contributed by atoms with E-state index in [4.69, 9.17) is 15.2 Å². The van der Waals surface area contributed by atoms with Gasteiger partial charge in [0, 0.05) is 30.4 Å². The van der Waals surface area contributed by atoms with Gasteiger partial charge in [-0.2, -0.15) is 0 Å². The number of fused-ring (bicyclic) bond motifs is 5. The van der Waals surface area contributed by atoms with Crippen molar-refractivity contribution in [2.75, 3.05) is 18.9 Å². The summed E-state index contributed by atoms with van der Waals surface area (Å²) >= 11 is 0. The maximum Gasteiger partial charge on any atom is 0.146 e. The van der Waals surface area contributed by atoms with Gasteiger partial charge in [-0.15, -0.1) is 0 Å². The molecule has 206 valence electrons. The van der Waals surface area contributed by atoms with Crippen molar-refractivity contribution in [2.24, 2.45) is 5.92 Å². The predicted molar refractivity (Wildman–Crippen MR) is 149 cm³/mol. The fourth-order valence-electron chi connectivity index (χ4n) is 8.36. The van der Waals surface area contributed by atoms with Crippen LogP contribution < -0.4 is 10.5 Å². The molecule has 4 saturated heterocycles. The van der Waals surface area contributed by atoms with Gasteiger partial charge in [-0.3, -0.25) is 4.90 Å². The molecular formula is C31H39N5O3. The summed E-state index contributed by atoms with van der Waals surface area (Å²) in [6.45, 7) is 1.61. The zero-order chi connectivity index (χ0) is 26.2. The number of hydrogen-bond donors (Lipinski definition) is 2. The van der Waals surface area contributed by atoms with Crippen LogP contribution in [0.25, 0.3) is 22.2 Å². The minimum atomic E-state index is -0.556. The average molecular weight is 530 g/mol. The molecule has 2 unspecified atom stereocenters. The average Bonchev–Trinajstić information content (AvgIpc) is 3.66. The zero-order valence-corrected chi connectivity index (χ0v) is 22.6. The van der Waals surface area contributed by atoms with Gasteiger partial charge >= 0.3 is 0 Å². The summed E-state index contributed by atoms with van der Waals surface area (Å²) in [6, 6.07) is 9.25. The first kappa shape index (κ1) is 24.1. The number of hydrogen-bond acceptors (Lipinski definition) is 7. The molecule has 4 aliphatic heterocycles. The van der Waals surface area contributed by atoms with Crippen LogP contribution in [0.1, 0.15) is 76.7 Å². The Kier molecular flexibility index (Phi) is 5.52. The number of rotatable bonds is 7. The quantitative estimate of drug-likeness (QED) is 0.441. The summed E-state index contributed by atoms with van der Waals surface area (Å²) in [5, 5.41) is 12.1. The fourth-order valence-corrected chi connectivity index (χ4v) is 8.36. The van der Waals surface area contributed by atoms with E-state index >= 15 is 0 Å². The molecule has 2 aromatic heterocycles. The monoisotopic (exact) mass is 529 g/mol. The van der Waals surface area contributed by atoms with Gasteiger partial charge in [0.2, 0.25) is 0 Å². The largest absolute Gasteiger partial charge is 0.491 e. The number of benzene rings is 1. The third kappa shape index (κ3) is 3.98. The lowest BCUT2D eigenvalue weighted by Gasteiger charge is -2.46. The molecule has 1 saturated carbocycles. The van der Waals surface area contributed by atoms with Crippen molar-refractivity contribution < 1.29 is 14.6 Å². The van der Waals surface area contributed by atoms with Crippen molar-refractivity contribution in [1.82, 2.24) is 19.4 Å². The molecule has 1 aliphatic carbocycles. The molecule has 5 fully saturated rings. The lowest BCUT2D eigenvalue weighted by atomic mass is 9.79. The highest BCUT2D eigenvalue weighted by Gasteiger charge is 2.49. The van der Waals surface area contributed by atoms with Gasteiger partial charge in [-0.25, -0.2) is 9.97 Å². The Bertz CT molecular complexity index is 1390.